The molecular formula is C15H22N4O. The molecule has 0 aromatic carbocycles. The van der Waals surface area contributed by atoms with E-state index >= 15 is 0 Å². The third-order valence-electron chi connectivity index (χ3n) is 3.90. The molecular weight excluding hydrogens is 252 g/mol. The third-order valence-corrected chi connectivity index (χ3v) is 3.90. The van der Waals surface area contributed by atoms with Gasteiger partial charge < -0.3 is 19.2 Å². The molecule has 3 rings (SSSR count). The van der Waals surface area contributed by atoms with Crippen LogP contribution in [0.15, 0.2) is 30.9 Å². The molecule has 0 radical (unpaired) electrons. The summed E-state index contributed by atoms with van der Waals surface area (Å²) >= 11 is 0. The first-order valence-electron chi connectivity index (χ1n) is 7.24. The highest BCUT2D eigenvalue weighted by Crippen LogP contribution is 2.28. The molecule has 108 valence electrons. The van der Waals surface area contributed by atoms with Crippen LogP contribution in [0.4, 0.5) is 0 Å². The van der Waals surface area contributed by atoms with E-state index < -0.39 is 0 Å². The number of hydrogen-bond donors (Lipinski definition) is 1. The van der Waals surface area contributed by atoms with Crippen molar-refractivity contribution in [3.05, 3.63) is 42.2 Å². The molecule has 1 saturated heterocycles. The average molecular weight is 274 g/mol. The third kappa shape index (κ3) is 2.64. The number of aryl methyl sites for hydroxylation is 2. The maximum atomic E-state index is 5.90. The van der Waals surface area contributed by atoms with Gasteiger partial charge in [-0.25, -0.2) is 4.98 Å². The Morgan fingerprint density at radius 1 is 1.45 bits per heavy atom. The van der Waals surface area contributed by atoms with Crippen LogP contribution in [0.1, 0.15) is 30.8 Å². The lowest BCUT2D eigenvalue weighted by atomic mass is 10.1. The van der Waals surface area contributed by atoms with Crippen molar-refractivity contribution >= 4 is 0 Å². The van der Waals surface area contributed by atoms with E-state index in [2.05, 4.69) is 44.8 Å². The van der Waals surface area contributed by atoms with E-state index in [1.807, 2.05) is 19.4 Å². The smallest absolute Gasteiger partial charge is 0.139 e. The summed E-state index contributed by atoms with van der Waals surface area (Å²) in [7, 11) is 2.04. The average Bonchev–Trinajstić information content (AvgIpc) is 3.15. The van der Waals surface area contributed by atoms with Crippen LogP contribution >= 0.6 is 0 Å². The Morgan fingerprint density at radius 2 is 2.35 bits per heavy atom. The minimum Gasteiger partial charge on any atom is -0.369 e. The first kappa shape index (κ1) is 13.4. The quantitative estimate of drug-likeness (QED) is 0.905. The highest BCUT2D eigenvalue weighted by atomic mass is 16.5. The predicted octanol–water partition coefficient (Wildman–Crippen LogP) is 1.86. The highest BCUT2D eigenvalue weighted by Gasteiger charge is 2.32. The van der Waals surface area contributed by atoms with Gasteiger partial charge in [0.05, 0.1) is 0 Å². The Labute approximate surface area is 119 Å². The molecule has 20 heavy (non-hydrogen) atoms. The maximum absolute atomic E-state index is 5.90. The minimum atomic E-state index is 0.0636. The number of rotatable bonds is 5. The van der Waals surface area contributed by atoms with Crippen LogP contribution in [0, 0.1) is 0 Å². The molecule has 0 amide bonds. The second kappa shape index (κ2) is 5.81. The van der Waals surface area contributed by atoms with Crippen LogP contribution < -0.4 is 5.32 Å². The van der Waals surface area contributed by atoms with Crippen LogP contribution in [-0.4, -0.2) is 26.8 Å². The zero-order valence-electron chi connectivity index (χ0n) is 12.1. The van der Waals surface area contributed by atoms with Gasteiger partial charge in [0.1, 0.15) is 11.9 Å². The SMILES string of the molecule is CCn1ccnc1[C@H]1OCC[C@@H]1NCc1ccn(C)c1. The zero-order chi connectivity index (χ0) is 13.9. The number of aromatic nitrogens is 3. The lowest BCUT2D eigenvalue weighted by Gasteiger charge is -2.20. The van der Waals surface area contributed by atoms with E-state index in [0.717, 1.165) is 31.9 Å². The van der Waals surface area contributed by atoms with Gasteiger partial charge in [-0.3, -0.25) is 0 Å². The molecule has 0 aliphatic carbocycles. The van der Waals surface area contributed by atoms with Gasteiger partial charge >= 0.3 is 0 Å². The van der Waals surface area contributed by atoms with Gasteiger partial charge in [-0.2, -0.15) is 0 Å². The van der Waals surface area contributed by atoms with Gasteiger partial charge in [0.15, 0.2) is 0 Å². The highest BCUT2D eigenvalue weighted by molar-refractivity contribution is 5.10. The van der Waals surface area contributed by atoms with Gasteiger partial charge in [0.2, 0.25) is 0 Å². The van der Waals surface area contributed by atoms with E-state index in [1.165, 1.54) is 5.56 Å². The van der Waals surface area contributed by atoms with Crippen molar-refractivity contribution in [2.45, 2.75) is 38.6 Å². The lowest BCUT2D eigenvalue weighted by molar-refractivity contribution is 0.0886. The zero-order valence-corrected chi connectivity index (χ0v) is 12.1. The van der Waals surface area contributed by atoms with E-state index in [0.29, 0.717) is 6.04 Å². The standard InChI is InChI=1S/C15H22N4O/c1-3-19-8-6-16-15(19)14-13(5-9-20-14)17-10-12-4-7-18(2)11-12/h4,6-8,11,13-14,17H,3,5,9-10H2,1-2H3/t13-,14-/m0/s1. The number of nitrogens with one attached hydrogen (secondary N) is 1. The topological polar surface area (TPSA) is 44.0 Å². The van der Waals surface area contributed by atoms with Crippen molar-refractivity contribution in [3.8, 4) is 0 Å². The van der Waals surface area contributed by atoms with E-state index in [-0.39, 0.29) is 6.10 Å². The first-order chi connectivity index (χ1) is 9.78. The second-order valence-electron chi connectivity index (χ2n) is 5.32. The van der Waals surface area contributed by atoms with Crippen molar-refractivity contribution in [2.24, 2.45) is 7.05 Å². The van der Waals surface area contributed by atoms with Crippen LogP contribution in [-0.2, 0) is 24.9 Å². The fourth-order valence-electron chi connectivity index (χ4n) is 2.81. The van der Waals surface area contributed by atoms with Crippen molar-refractivity contribution in [3.63, 3.8) is 0 Å². The first-order valence-corrected chi connectivity index (χ1v) is 7.24. The summed E-state index contributed by atoms with van der Waals surface area (Å²) < 4.78 is 10.1. The van der Waals surface area contributed by atoms with Crippen molar-refractivity contribution in [1.29, 1.82) is 0 Å². The number of hydrogen-bond acceptors (Lipinski definition) is 3. The van der Waals surface area contributed by atoms with Gasteiger partial charge in [0, 0.05) is 57.6 Å². The van der Waals surface area contributed by atoms with Crippen LogP contribution in [0.2, 0.25) is 0 Å². The Hall–Kier alpha value is -1.59. The number of nitrogens with zero attached hydrogens (tertiary/aromatic N) is 3. The summed E-state index contributed by atoms with van der Waals surface area (Å²) in [6, 6.07) is 2.48. The fraction of sp³-hybridized carbons (Fsp3) is 0.533. The van der Waals surface area contributed by atoms with Crippen LogP contribution in [0.3, 0.4) is 0 Å². The second-order valence-corrected chi connectivity index (χ2v) is 5.32. The molecule has 1 N–H and O–H groups in total. The summed E-state index contributed by atoms with van der Waals surface area (Å²) in [5, 5.41) is 3.61. The molecule has 5 heteroatoms. The number of ether oxygens (including phenoxy) is 1. The lowest BCUT2D eigenvalue weighted by Crippen LogP contribution is -2.32. The summed E-state index contributed by atoms with van der Waals surface area (Å²) in [4.78, 5) is 4.47. The molecule has 2 aromatic heterocycles. The predicted molar refractivity (Wildman–Crippen MR) is 77.3 cm³/mol. The monoisotopic (exact) mass is 274 g/mol. The molecule has 1 aliphatic rings. The maximum Gasteiger partial charge on any atom is 0.139 e. The van der Waals surface area contributed by atoms with Crippen molar-refractivity contribution < 1.29 is 4.74 Å². The Balaban J connectivity index is 1.66. The molecule has 0 saturated carbocycles. The Morgan fingerprint density at radius 3 is 3.10 bits per heavy atom. The van der Waals surface area contributed by atoms with Gasteiger partial charge in [0.25, 0.3) is 0 Å². The Kier molecular flexibility index (Phi) is 3.89. The molecule has 0 bridgehead atoms. The Bertz CT molecular complexity index is 560. The van der Waals surface area contributed by atoms with Crippen molar-refractivity contribution in [1.82, 2.24) is 19.4 Å². The van der Waals surface area contributed by atoms with Gasteiger partial charge in [-0.15, -0.1) is 0 Å². The van der Waals surface area contributed by atoms with Crippen LogP contribution in [0.5, 0.6) is 0 Å². The van der Waals surface area contributed by atoms with E-state index in [4.69, 9.17) is 4.74 Å². The molecule has 0 spiro atoms. The molecule has 2 aromatic rings. The molecule has 0 unspecified atom stereocenters. The van der Waals surface area contributed by atoms with Crippen LogP contribution in [0.25, 0.3) is 0 Å². The van der Waals surface area contributed by atoms with Gasteiger partial charge in [-0.05, 0) is 25.0 Å². The van der Waals surface area contributed by atoms with Crippen molar-refractivity contribution in [2.75, 3.05) is 6.61 Å². The molecule has 5 nitrogen and oxygen atoms in total. The summed E-state index contributed by atoms with van der Waals surface area (Å²) in [5.41, 5.74) is 1.30. The summed E-state index contributed by atoms with van der Waals surface area (Å²) in [6.45, 7) is 4.74. The molecule has 1 fully saturated rings. The van der Waals surface area contributed by atoms with E-state index in [9.17, 15) is 0 Å². The molecule has 3 heterocycles. The summed E-state index contributed by atoms with van der Waals surface area (Å²) in [6.07, 6.45) is 9.19. The number of imidazole rings is 1. The van der Waals surface area contributed by atoms with E-state index in [1.54, 1.807) is 0 Å². The summed E-state index contributed by atoms with van der Waals surface area (Å²) in [5.74, 6) is 1.04. The molecule has 2 atom stereocenters. The fourth-order valence-corrected chi connectivity index (χ4v) is 2.81. The van der Waals surface area contributed by atoms with Gasteiger partial charge in [-0.1, -0.05) is 0 Å². The normalized spacial score (nSPS) is 22.5. The largest absolute Gasteiger partial charge is 0.369 e. The molecule has 1 aliphatic heterocycles. The minimum absolute atomic E-state index is 0.0636.